The summed E-state index contributed by atoms with van der Waals surface area (Å²) in [6.45, 7) is 1.76. The maximum absolute atomic E-state index is 10.9. The largest absolute Gasteiger partial charge is 0.390 e. The molecule has 3 N–H and O–H groups in total. The second kappa shape index (κ2) is 6.99. The van der Waals surface area contributed by atoms with Crippen molar-refractivity contribution in [2.45, 2.75) is 25.6 Å². The van der Waals surface area contributed by atoms with Crippen molar-refractivity contribution in [2.24, 2.45) is 0 Å². The van der Waals surface area contributed by atoms with Crippen LogP contribution in [0, 0.1) is 0 Å². The summed E-state index contributed by atoms with van der Waals surface area (Å²) >= 11 is 0. The average molecular weight is 323 g/mol. The molecule has 0 saturated heterocycles. The van der Waals surface area contributed by atoms with E-state index in [1.807, 2.05) is 48.5 Å². The molecule has 3 rings (SSSR count). The van der Waals surface area contributed by atoms with Gasteiger partial charge >= 0.3 is 0 Å². The third-order valence-corrected chi connectivity index (χ3v) is 4.30. The van der Waals surface area contributed by atoms with E-state index in [1.54, 1.807) is 0 Å². The first-order valence-corrected chi connectivity index (χ1v) is 8.09. The summed E-state index contributed by atoms with van der Waals surface area (Å²) < 4.78 is 0. The van der Waals surface area contributed by atoms with E-state index in [4.69, 9.17) is 0 Å². The van der Waals surface area contributed by atoms with Gasteiger partial charge in [-0.15, -0.1) is 0 Å². The summed E-state index contributed by atoms with van der Waals surface area (Å²) in [5, 5.41) is 27.7. The zero-order valence-corrected chi connectivity index (χ0v) is 13.6. The van der Waals surface area contributed by atoms with Crippen molar-refractivity contribution in [3.63, 3.8) is 0 Å². The Bertz CT molecular complexity index is 875. The first-order chi connectivity index (χ1) is 11.6. The summed E-state index contributed by atoms with van der Waals surface area (Å²) in [5.74, 6) is -0.146. The number of hydrogen-bond donors (Lipinski definition) is 3. The summed E-state index contributed by atoms with van der Waals surface area (Å²) in [7, 11) is 0. The Morgan fingerprint density at radius 1 is 1.00 bits per heavy atom. The molecule has 3 aromatic rings. The van der Waals surface area contributed by atoms with E-state index in [9.17, 15) is 15.0 Å². The Hall–Kier alpha value is -2.43. The van der Waals surface area contributed by atoms with Gasteiger partial charge in [0, 0.05) is 13.5 Å². The van der Waals surface area contributed by atoms with E-state index in [0.717, 1.165) is 21.5 Å². The van der Waals surface area contributed by atoms with Gasteiger partial charge in [-0.3, -0.25) is 4.79 Å². The fourth-order valence-corrected chi connectivity index (χ4v) is 3.09. The van der Waals surface area contributed by atoms with Gasteiger partial charge in [0.05, 0.1) is 6.10 Å². The van der Waals surface area contributed by atoms with Crippen molar-refractivity contribution in [2.75, 3.05) is 6.54 Å². The molecule has 0 aliphatic heterocycles. The van der Waals surface area contributed by atoms with E-state index in [-0.39, 0.29) is 5.91 Å². The fraction of sp³-hybridized carbons (Fsp3) is 0.250. The third kappa shape index (κ3) is 3.25. The van der Waals surface area contributed by atoms with Gasteiger partial charge in [-0.1, -0.05) is 48.5 Å². The highest BCUT2D eigenvalue weighted by molar-refractivity contribution is 6.09. The molecule has 1 amide bonds. The normalized spacial score (nSPS) is 13.8. The van der Waals surface area contributed by atoms with Gasteiger partial charge in [0.1, 0.15) is 6.10 Å². The number of amides is 1. The molecule has 0 spiro atoms. The molecule has 0 fully saturated rings. The van der Waals surface area contributed by atoms with Gasteiger partial charge in [0.2, 0.25) is 5.91 Å². The number of nitrogens with one attached hydrogen (secondary N) is 1. The van der Waals surface area contributed by atoms with E-state index in [0.29, 0.717) is 18.5 Å². The van der Waals surface area contributed by atoms with Crippen LogP contribution in [-0.2, 0) is 4.79 Å². The third-order valence-electron chi connectivity index (χ3n) is 4.30. The molecule has 0 radical (unpaired) electrons. The van der Waals surface area contributed by atoms with Crippen LogP contribution >= 0.6 is 0 Å². The standard InChI is InChI=1S/C20H21NO3/c1-13(22)21-11-10-19(23)20(24)18-12-14-6-2-3-7-15(14)16-8-4-5-9-17(16)18/h2-9,12,19-20,23-24H,10-11H2,1H3,(H,21,22). The molecule has 24 heavy (non-hydrogen) atoms. The molecule has 0 aromatic heterocycles. The molecule has 0 heterocycles. The number of aliphatic hydroxyl groups excluding tert-OH is 2. The molecule has 0 bridgehead atoms. The lowest BCUT2D eigenvalue weighted by Crippen LogP contribution is -2.27. The lowest BCUT2D eigenvalue weighted by molar-refractivity contribution is -0.119. The molecule has 3 aromatic carbocycles. The van der Waals surface area contributed by atoms with Gasteiger partial charge in [-0.25, -0.2) is 0 Å². The molecule has 2 unspecified atom stereocenters. The fourth-order valence-electron chi connectivity index (χ4n) is 3.09. The molecule has 4 heteroatoms. The first kappa shape index (κ1) is 16.4. The number of aliphatic hydroxyl groups is 2. The van der Waals surface area contributed by atoms with Crippen LogP contribution in [0.3, 0.4) is 0 Å². The van der Waals surface area contributed by atoms with Crippen molar-refractivity contribution in [1.82, 2.24) is 5.32 Å². The van der Waals surface area contributed by atoms with Crippen molar-refractivity contribution >= 4 is 27.5 Å². The van der Waals surface area contributed by atoms with Gasteiger partial charge < -0.3 is 15.5 Å². The SMILES string of the molecule is CC(=O)NCCC(O)C(O)c1cc2ccccc2c2ccccc12. The van der Waals surface area contributed by atoms with E-state index in [1.165, 1.54) is 6.92 Å². The molecule has 0 saturated carbocycles. The molecule has 124 valence electrons. The molecule has 4 nitrogen and oxygen atoms in total. The minimum atomic E-state index is -1.01. The predicted molar refractivity (Wildman–Crippen MR) is 95.7 cm³/mol. The van der Waals surface area contributed by atoms with Gasteiger partial charge in [-0.05, 0) is 39.6 Å². The number of carbonyl (C=O) groups is 1. The highest BCUT2D eigenvalue weighted by Gasteiger charge is 2.21. The van der Waals surface area contributed by atoms with Crippen LogP contribution in [0.4, 0.5) is 0 Å². The minimum Gasteiger partial charge on any atom is -0.390 e. The number of benzene rings is 3. The molecule has 2 atom stereocenters. The quantitative estimate of drug-likeness (QED) is 0.632. The Morgan fingerprint density at radius 3 is 2.33 bits per heavy atom. The van der Waals surface area contributed by atoms with Crippen LogP contribution < -0.4 is 5.32 Å². The van der Waals surface area contributed by atoms with Gasteiger partial charge in [0.15, 0.2) is 0 Å². The summed E-state index contributed by atoms with van der Waals surface area (Å²) in [6, 6.07) is 17.8. The topological polar surface area (TPSA) is 69.6 Å². The zero-order chi connectivity index (χ0) is 17.1. The van der Waals surface area contributed by atoms with Gasteiger partial charge in [0.25, 0.3) is 0 Å². The van der Waals surface area contributed by atoms with Crippen molar-refractivity contribution in [3.05, 3.63) is 60.2 Å². The van der Waals surface area contributed by atoms with Crippen molar-refractivity contribution in [3.8, 4) is 0 Å². The van der Waals surface area contributed by atoms with E-state index in [2.05, 4.69) is 11.4 Å². The van der Waals surface area contributed by atoms with Crippen LogP contribution in [0.5, 0.6) is 0 Å². The highest BCUT2D eigenvalue weighted by Crippen LogP contribution is 2.33. The lowest BCUT2D eigenvalue weighted by Gasteiger charge is -2.21. The van der Waals surface area contributed by atoms with Crippen molar-refractivity contribution in [1.29, 1.82) is 0 Å². The Labute approximate surface area is 140 Å². The summed E-state index contributed by atoms with van der Waals surface area (Å²) in [6.07, 6.45) is -1.66. The number of carbonyl (C=O) groups excluding carboxylic acids is 1. The Balaban J connectivity index is 1.99. The molecular weight excluding hydrogens is 302 g/mol. The van der Waals surface area contributed by atoms with Crippen LogP contribution in [0.25, 0.3) is 21.5 Å². The van der Waals surface area contributed by atoms with Crippen LogP contribution in [0.15, 0.2) is 54.6 Å². The van der Waals surface area contributed by atoms with Crippen LogP contribution in [-0.4, -0.2) is 28.8 Å². The minimum absolute atomic E-state index is 0.146. The highest BCUT2D eigenvalue weighted by atomic mass is 16.3. The van der Waals surface area contributed by atoms with E-state index >= 15 is 0 Å². The molecule has 0 aliphatic rings. The van der Waals surface area contributed by atoms with Crippen LogP contribution in [0.1, 0.15) is 25.0 Å². The number of rotatable bonds is 5. The van der Waals surface area contributed by atoms with E-state index < -0.39 is 12.2 Å². The maximum atomic E-state index is 10.9. The second-order valence-electron chi connectivity index (χ2n) is 6.02. The molecular formula is C20H21NO3. The Morgan fingerprint density at radius 2 is 1.62 bits per heavy atom. The number of fused-ring (bicyclic) bond motifs is 3. The first-order valence-electron chi connectivity index (χ1n) is 8.09. The summed E-state index contributed by atoms with van der Waals surface area (Å²) in [4.78, 5) is 10.9. The Kier molecular flexibility index (Phi) is 4.79. The zero-order valence-electron chi connectivity index (χ0n) is 13.6. The predicted octanol–water partition coefficient (Wildman–Crippen LogP) is 2.91. The van der Waals surface area contributed by atoms with Gasteiger partial charge in [-0.2, -0.15) is 0 Å². The average Bonchev–Trinajstić information content (AvgIpc) is 2.60. The smallest absolute Gasteiger partial charge is 0.216 e. The maximum Gasteiger partial charge on any atom is 0.216 e. The molecule has 0 aliphatic carbocycles. The lowest BCUT2D eigenvalue weighted by atomic mass is 9.92. The summed E-state index contributed by atoms with van der Waals surface area (Å²) in [5.41, 5.74) is 0.708. The monoisotopic (exact) mass is 323 g/mol. The second-order valence-corrected chi connectivity index (χ2v) is 6.02. The number of hydrogen-bond acceptors (Lipinski definition) is 3. The van der Waals surface area contributed by atoms with Crippen molar-refractivity contribution < 1.29 is 15.0 Å². The van der Waals surface area contributed by atoms with Crippen LogP contribution in [0.2, 0.25) is 0 Å².